The number of benzene rings is 2. The number of hydrogen-bond donors (Lipinski definition) is 0. The van der Waals surface area contributed by atoms with Gasteiger partial charge in [0, 0.05) is 11.6 Å². The minimum Gasteiger partial charge on any atom is -0.437 e. The molecule has 1 aromatic heterocycles. The normalized spacial score (nSPS) is 10.4. The van der Waals surface area contributed by atoms with Crippen LogP contribution in [0, 0.1) is 13.8 Å². The van der Waals surface area contributed by atoms with E-state index in [1.807, 2.05) is 74.5 Å². The Hall–Kier alpha value is -2.68. The van der Waals surface area contributed by atoms with E-state index in [4.69, 9.17) is 4.74 Å². The van der Waals surface area contributed by atoms with Gasteiger partial charge in [-0.15, -0.1) is 10.2 Å². The summed E-state index contributed by atoms with van der Waals surface area (Å²) in [6.45, 7) is 4.04. The minimum atomic E-state index is 0.507. The van der Waals surface area contributed by atoms with Crippen LogP contribution in [0.25, 0.3) is 11.3 Å². The zero-order valence-electron chi connectivity index (χ0n) is 12.1. The van der Waals surface area contributed by atoms with Crippen LogP contribution in [0.15, 0.2) is 60.7 Å². The van der Waals surface area contributed by atoms with Gasteiger partial charge in [0.15, 0.2) is 0 Å². The molecule has 0 bridgehead atoms. The van der Waals surface area contributed by atoms with E-state index in [2.05, 4.69) is 10.2 Å². The first-order valence-electron chi connectivity index (χ1n) is 6.87. The molecule has 104 valence electrons. The van der Waals surface area contributed by atoms with E-state index in [1.54, 1.807) is 0 Å². The number of para-hydroxylation sites is 1. The average Bonchev–Trinajstić information content (AvgIpc) is 2.53. The third-order valence-corrected chi connectivity index (χ3v) is 3.33. The molecule has 0 N–H and O–H groups in total. The predicted molar refractivity (Wildman–Crippen MR) is 83.5 cm³/mol. The van der Waals surface area contributed by atoms with Gasteiger partial charge >= 0.3 is 0 Å². The van der Waals surface area contributed by atoms with Crippen molar-refractivity contribution in [3.8, 4) is 22.9 Å². The molecule has 0 saturated heterocycles. The summed E-state index contributed by atoms with van der Waals surface area (Å²) in [5.41, 5.74) is 4.06. The second-order valence-electron chi connectivity index (χ2n) is 4.95. The van der Waals surface area contributed by atoms with E-state index in [0.29, 0.717) is 5.88 Å². The molecule has 0 fully saturated rings. The van der Waals surface area contributed by atoms with Gasteiger partial charge in [0.1, 0.15) is 5.75 Å². The standard InChI is InChI=1S/C18H16N2O/c1-13-7-6-8-14(2)18(13)21-17-12-11-16(19-20-17)15-9-4-3-5-10-15/h3-12H,1-2H3. The number of hydrogen-bond acceptors (Lipinski definition) is 3. The lowest BCUT2D eigenvalue weighted by Gasteiger charge is -2.10. The van der Waals surface area contributed by atoms with Crippen LogP contribution < -0.4 is 4.74 Å². The molecule has 3 rings (SSSR count). The van der Waals surface area contributed by atoms with Gasteiger partial charge in [0.2, 0.25) is 5.88 Å². The summed E-state index contributed by atoms with van der Waals surface area (Å²) in [5.74, 6) is 1.35. The highest BCUT2D eigenvalue weighted by atomic mass is 16.5. The minimum absolute atomic E-state index is 0.507. The molecule has 0 unspecified atom stereocenters. The summed E-state index contributed by atoms with van der Waals surface area (Å²) < 4.78 is 5.86. The van der Waals surface area contributed by atoms with Crippen LogP contribution in [0.2, 0.25) is 0 Å². The lowest BCUT2D eigenvalue weighted by Crippen LogP contribution is -1.95. The fourth-order valence-electron chi connectivity index (χ4n) is 2.20. The van der Waals surface area contributed by atoms with Crippen LogP contribution >= 0.6 is 0 Å². The molecule has 0 aliphatic carbocycles. The zero-order valence-corrected chi connectivity index (χ0v) is 12.1. The Labute approximate surface area is 124 Å². The van der Waals surface area contributed by atoms with Crippen molar-refractivity contribution in [3.05, 3.63) is 71.8 Å². The summed E-state index contributed by atoms with van der Waals surface area (Å²) in [6, 6.07) is 19.8. The van der Waals surface area contributed by atoms with Crippen molar-refractivity contribution >= 4 is 0 Å². The first-order chi connectivity index (χ1) is 10.2. The molecule has 21 heavy (non-hydrogen) atoms. The molecule has 0 aliphatic heterocycles. The van der Waals surface area contributed by atoms with Crippen LogP contribution in [0.4, 0.5) is 0 Å². The van der Waals surface area contributed by atoms with Crippen LogP contribution in [-0.4, -0.2) is 10.2 Å². The summed E-state index contributed by atoms with van der Waals surface area (Å²) in [4.78, 5) is 0. The summed E-state index contributed by atoms with van der Waals surface area (Å²) >= 11 is 0. The Morgan fingerprint density at radius 2 is 1.43 bits per heavy atom. The highest BCUT2D eigenvalue weighted by molar-refractivity contribution is 5.58. The molecule has 0 amide bonds. The van der Waals surface area contributed by atoms with Crippen molar-refractivity contribution in [1.82, 2.24) is 10.2 Å². The highest BCUT2D eigenvalue weighted by Gasteiger charge is 2.07. The van der Waals surface area contributed by atoms with Gasteiger partial charge in [-0.2, -0.15) is 0 Å². The van der Waals surface area contributed by atoms with E-state index in [-0.39, 0.29) is 0 Å². The van der Waals surface area contributed by atoms with Gasteiger partial charge in [-0.3, -0.25) is 0 Å². The SMILES string of the molecule is Cc1cccc(C)c1Oc1ccc(-c2ccccc2)nn1. The van der Waals surface area contributed by atoms with Crippen molar-refractivity contribution < 1.29 is 4.74 Å². The quantitative estimate of drug-likeness (QED) is 0.703. The molecule has 3 heteroatoms. The summed E-state index contributed by atoms with van der Waals surface area (Å²) in [7, 11) is 0. The van der Waals surface area contributed by atoms with Gasteiger partial charge in [0.05, 0.1) is 5.69 Å². The average molecular weight is 276 g/mol. The Morgan fingerprint density at radius 1 is 0.714 bits per heavy atom. The van der Waals surface area contributed by atoms with E-state index < -0.39 is 0 Å². The maximum absolute atomic E-state index is 5.86. The first-order valence-corrected chi connectivity index (χ1v) is 6.87. The van der Waals surface area contributed by atoms with Crippen molar-refractivity contribution in [3.63, 3.8) is 0 Å². The Kier molecular flexibility index (Phi) is 3.65. The zero-order chi connectivity index (χ0) is 14.7. The van der Waals surface area contributed by atoms with Gasteiger partial charge < -0.3 is 4.74 Å². The van der Waals surface area contributed by atoms with Crippen LogP contribution in [0.5, 0.6) is 11.6 Å². The van der Waals surface area contributed by atoms with Gasteiger partial charge in [-0.05, 0) is 31.0 Å². The van der Waals surface area contributed by atoms with Gasteiger partial charge in [-0.1, -0.05) is 48.5 Å². The molecule has 0 radical (unpaired) electrons. The molecule has 1 heterocycles. The topological polar surface area (TPSA) is 35.0 Å². The molecule has 0 spiro atoms. The van der Waals surface area contributed by atoms with Crippen LogP contribution in [-0.2, 0) is 0 Å². The van der Waals surface area contributed by atoms with Gasteiger partial charge in [0.25, 0.3) is 0 Å². The third-order valence-electron chi connectivity index (χ3n) is 3.33. The molecule has 0 saturated carbocycles. The molecule has 0 atom stereocenters. The number of rotatable bonds is 3. The van der Waals surface area contributed by atoms with E-state index in [1.165, 1.54) is 0 Å². The molecule has 2 aromatic carbocycles. The molecule has 0 aliphatic rings. The van der Waals surface area contributed by atoms with E-state index >= 15 is 0 Å². The highest BCUT2D eigenvalue weighted by Crippen LogP contribution is 2.27. The second-order valence-corrected chi connectivity index (χ2v) is 4.95. The van der Waals surface area contributed by atoms with E-state index in [0.717, 1.165) is 28.1 Å². The van der Waals surface area contributed by atoms with Crippen molar-refractivity contribution in [2.45, 2.75) is 13.8 Å². The summed E-state index contributed by atoms with van der Waals surface area (Å²) in [6.07, 6.45) is 0. The Balaban J connectivity index is 1.85. The number of aryl methyl sites for hydroxylation is 2. The van der Waals surface area contributed by atoms with Crippen molar-refractivity contribution in [1.29, 1.82) is 0 Å². The van der Waals surface area contributed by atoms with Gasteiger partial charge in [-0.25, -0.2) is 0 Å². The van der Waals surface area contributed by atoms with Crippen molar-refractivity contribution in [2.75, 3.05) is 0 Å². The molecule has 3 aromatic rings. The van der Waals surface area contributed by atoms with E-state index in [9.17, 15) is 0 Å². The molecule has 3 nitrogen and oxygen atoms in total. The number of aromatic nitrogens is 2. The monoisotopic (exact) mass is 276 g/mol. The molecular formula is C18H16N2O. The maximum atomic E-state index is 5.86. The lowest BCUT2D eigenvalue weighted by atomic mass is 10.1. The third kappa shape index (κ3) is 2.92. The summed E-state index contributed by atoms with van der Waals surface area (Å²) in [5, 5.41) is 8.39. The number of nitrogens with zero attached hydrogens (tertiary/aromatic N) is 2. The first kappa shape index (κ1) is 13.3. The smallest absolute Gasteiger partial charge is 0.238 e. The van der Waals surface area contributed by atoms with Crippen molar-refractivity contribution in [2.24, 2.45) is 0 Å². The lowest BCUT2D eigenvalue weighted by molar-refractivity contribution is 0.449. The largest absolute Gasteiger partial charge is 0.437 e. The number of ether oxygens (including phenoxy) is 1. The van der Waals surface area contributed by atoms with Crippen LogP contribution in [0.3, 0.4) is 0 Å². The Morgan fingerprint density at radius 3 is 2.05 bits per heavy atom. The second kappa shape index (κ2) is 5.75. The van der Waals surface area contributed by atoms with Crippen LogP contribution in [0.1, 0.15) is 11.1 Å². The Bertz CT molecular complexity index is 717. The molecular weight excluding hydrogens is 260 g/mol. The fourth-order valence-corrected chi connectivity index (χ4v) is 2.20. The predicted octanol–water partition coefficient (Wildman–Crippen LogP) is 4.55. The fraction of sp³-hybridized carbons (Fsp3) is 0.111. The maximum Gasteiger partial charge on any atom is 0.238 e.